The van der Waals surface area contributed by atoms with Crippen molar-refractivity contribution in [2.45, 2.75) is 31.1 Å². The molecule has 2 nitrogen and oxygen atoms in total. The molecule has 1 heterocycles. The van der Waals surface area contributed by atoms with E-state index in [1.165, 1.54) is 25.1 Å². The summed E-state index contributed by atoms with van der Waals surface area (Å²) >= 11 is 2.12. The monoisotopic (exact) mass is 501 g/mol. The minimum Gasteiger partial charge on any atom is -0.425 e. The number of halogens is 1. The van der Waals surface area contributed by atoms with E-state index in [1.807, 2.05) is 27.7 Å². The van der Waals surface area contributed by atoms with Gasteiger partial charge in [0.1, 0.15) is 9.17 Å². The van der Waals surface area contributed by atoms with E-state index in [-0.39, 0.29) is 16.4 Å². The summed E-state index contributed by atoms with van der Waals surface area (Å²) in [6.07, 6.45) is 0. The first-order chi connectivity index (χ1) is 13.3. The van der Waals surface area contributed by atoms with Gasteiger partial charge in [0.25, 0.3) is 0 Å². The Morgan fingerprint density at radius 1 is 0.893 bits per heavy atom. The van der Waals surface area contributed by atoms with Crippen LogP contribution in [0, 0.1) is 13.8 Å². The number of hydrogen-bond donors (Lipinski definition) is 0. The highest BCUT2D eigenvalue weighted by Crippen LogP contribution is 2.49. The van der Waals surface area contributed by atoms with Gasteiger partial charge in [-0.15, -0.1) is 0 Å². The van der Waals surface area contributed by atoms with Crippen LogP contribution in [0.25, 0.3) is 25.1 Å². The van der Waals surface area contributed by atoms with Gasteiger partial charge in [-0.05, 0) is 63.1 Å². The van der Waals surface area contributed by atoms with E-state index in [0.717, 1.165) is 11.1 Å². The minimum atomic E-state index is -0.555. The summed E-state index contributed by atoms with van der Waals surface area (Å²) in [7, 11) is -0.141. The summed E-state index contributed by atoms with van der Waals surface area (Å²) in [5.74, 6) is 0.467. The van der Waals surface area contributed by atoms with Crippen LogP contribution in [0.4, 0.5) is 0 Å². The van der Waals surface area contributed by atoms with Gasteiger partial charge in [0.15, 0.2) is 14.3 Å². The van der Waals surface area contributed by atoms with Crippen LogP contribution in [0.15, 0.2) is 60.7 Å². The number of alkyl halides is 1. The van der Waals surface area contributed by atoms with Crippen LogP contribution < -0.4 is 4.74 Å². The maximum absolute atomic E-state index is 12.4. The molecule has 0 saturated heterocycles. The predicted molar refractivity (Wildman–Crippen MR) is 128 cm³/mol. The molecular formula is C24H22IO2S+. The Labute approximate surface area is 181 Å². The highest BCUT2D eigenvalue weighted by molar-refractivity contribution is 14.1. The lowest BCUT2D eigenvalue weighted by Crippen LogP contribution is -2.29. The lowest BCUT2D eigenvalue weighted by Gasteiger charge is -2.17. The van der Waals surface area contributed by atoms with Gasteiger partial charge in [-0.3, -0.25) is 4.79 Å². The first-order valence-electron chi connectivity index (χ1n) is 9.22. The third kappa shape index (κ3) is 3.33. The second-order valence-electron chi connectivity index (χ2n) is 7.55. The van der Waals surface area contributed by atoms with Crippen molar-refractivity contribution in [2.24, 2.45) is 0 Å². The Morgan fingerprint density at radius 3 is 1.82 bits per heavy atom. The van der Waals surface area contributed by atoms with Crippen LogP contribution in [0.2, 0.25) is 0 Å². The van der Waals surface area contributed by atoms with Crippen LogP contribution in [-0.4, -0.2) is 9.39 Å². The van der Waals surface area contributed by atoms with Crippen molar-refractivity contribution in [3.05, 3.63) is 71.8 Å². The summed E-state index contributed by atoms with van der Waals surface area (Å²) in [4.78, 5) is 13.6. The molecule has 0 unspecified atom stereocenters. The van der Waals surface area contributed by atoms with Crippen molar-refractivity contribution in [3.63, 3.8) is 0 Å². The van der Waals surface area contributed by atoms with Crippen molar-refractivity contribution in [1.82, 2.24) is 0 Å². The molecule has 3 aromatic carbocycles. The van der Waals surface area contributed by atoms with Gasteiger partial charge in [-0.25, -0.2) is 0 Å². The Balaban J connectivity index is 1.90. The van der Waals surface area contributed by atoms with E-state index in [1.54, 1.807) is 0 Å². The van der Waals surface area contributed by atoms with Crippen molar-refractivity contribution in [3.8, 4) is 10.6 Å². The molecule has 0 atom stereocenters. The Bertz CT molecular complexity index is 1140. The highest BCUT2D eigenvalue weighted by atomic mass is 127. The normalized spacial score (nSPS) is 11.9. The van der Waals surface area contributed by atoms with Crippen molar-refractivity contribution in [2.75, 3.05) is 0 Å². The number of fused-ring (bicyclic) bond motifs is 3. The zero-order valence-electron chi connectivity index (χ0n) is 16.4. The Morgan fingerprint density at radius 2 is 1.36 bits per heavy atom. The van der Waals surface area contributed by atoms with E-state index in [2.05, 4.69) is 83.3 Å². The third-order valence-electron chi connectivity index (χ3n) is 4.85. The zero-order chi connectivity index (χ0) is 20.1. The number of benzene rings is 3. The summed E-state index contributed by atoms with van der Waals surface area (Å²) in [6.45, 7) is 7.78. The van der Waals surface area contributed by atoms with Crippen LogP contribution >= 0.6 is 33.1 Å². The average molecular weight is 501 g/mol. The second-order valence-corrected chi connectivity index (χ2v) is 12.2. The van der Waals surface area contributed by atoms with E-state index < -0.39 is 3.42 Å². The van der Waals surface area contributed by atoms with Gasteiger partial charge in [0, 0.05) is 33.4 Å². The van der Waals surface area contributed by atoms with E-state index in [0.29, 0.717) is 5.75 Å². The van der Waals surface area contributed by atoms with Crippen LogP contribution in [0.3, 0.4) is 0 Å². The predicted octanol–water partition coefficient (Wildman–Crippen LogP) is 7.47. The molecule has 0 radical (unpaired) electrons. The van der Waals surface area contributed by atoms with Gasteiger partial charge in [-0.1, -0.05) is 46.9 Å². The van der Waals surface area contributed by atoms with Crippen LogP contribution in [0.5, 0.6) is 5.75 Å². The SMILES string of the molecule is Cc1cc(-[s+]2c3ccccc3c3ccccc32)cc(C)c1OC(=O)C(C)(C)I. The zero-order valence-corrected chi connectivity index (χ0v) is 19.4. The number of aryl methyl sites for hydroxylation is 2. The molecule has 4 rings (SSSR count). The number of hydrogen-bond acceptors (Lipinski definition) is 2. The van der Waals surface area contributed by atoms with Crippen molar-refractivity contribution in [1.29, 1.82) is 0 Å². The van der Waals surface area contributed by atoms with Gasteiger partial charge in [-0.2, -0.15) is 0 Å². The van der Waals surface area contributed by atoms with Crippen LogP contribution in [0.1, 0.15) is 25.0 Å². The van der Waals surface area contributed by atoms with E-state index in [9.17, 15) is 4.79 Å². The molecule has 0 bridgehead atoms. The molecule has 28 heavy (non-hydrogen) atoms. The van der Waals surface area contributed by atoms with Gasteiger partial charge >= 0.3 is 5.97 Å². The van der Waals surface area contributed by atoms with E-state index in [4.69, 9.17) is 4.74 Å². The molecule has 0 saturated carbocycles. The maximum Gasteiger partial charge on any atom is 0.326 e. The molecule has 0 aliphatic carbocycles. The molecular weight excluding hydrogens is 479 g/mol. The number of rotatable bonds is 3. The number of carbonyl (C=O) groups is 1. The first-order valence-corrected chi connectivity index (χ1v) is 11.5. The Hall–Kier alpha value is -1.92. The van der Waals surface area contributed by atoms with Gasteiger partial charge < -0.3 is 4.74 Å². The van der Waals surface area contributed by atoms with Crippen molar-refractivity contribution >= 4 is 59.2 Å². The van der Waals surface area contributed by atoms with Gasteiger partial charge in [0.05, 0.1) is 0 Å². The van der Waals surface area contributed by atoms with Crippen LogP contribution in [-0.2, 0) is 4.79 Å². The highest BCUT2D eigenvalue weighted by Gasteiger charge is 2.28. The molecule has 1 aromatic heterocycles. The molecule has 0 amide bonds. The Kier molecular flexibility index (Phi) is 4.96. The molecule has 0 spiro atoms. The molecule has 4 aromatic rings. The smallest absolute Gasteiger partial charge is 0.326 e. The summed E-state index contributed by atoms with van der Waals surface area (Å²) < 4.78 is 7.92. The maximum atomic E-state index is 12.4. The molecule has 0 aliphatic heterocycles. The lowest BCUT2D eigenvalue weighted by atomic mass is 10.1. The third-order valence-corrected chi connectivity index (χ3v) is 7.59. The molecule has 0 fully saturated rings. The number of esters is 1. The van der Waals surface area contributed by atoms with Gasteiger partial charge in [0.2, 0.25) is 0 Å². The quantitative estimate of drug-likeness (QED) is 0.0958. The lowest BCUT2D eigenvalue weighted by molar-refractivity contribution is -0.135. The van der Waals surface area contributed by atoms with E-state index >= 15 is 0 Å². The summed E-state index contributed by atoms with van der Waals surface area (Å²) in [5, 5.41) is 2.64. The summed E-state index contributed by atoms with van der Waals surface area (Å²) in [5.41, 5.74) is 2.00. The molecule has 142 valence electrons. The fraction of sp³-hybridized carbons (Fsp3) is 0.208. The number of thiophene rings is 1. The minimum absolute atomic E-state index is 0.141. The average Bonchev–Trinajstić information content (AvgIpc) is 2.98. The first kappa shape index (κ1) is 19.4. The second kappa shape index (κ2) is 7.16. The molecule has 0 N–H and O–H groups in total. The topological polar surface area (TPSA) is 26.3 Å². The number of carbonyl (C=O) groups excluding carboxylic acids is 1. The molecule has 4 heteroatoms. The molecule has 0 aliphatic rings. The standard InChI is InChI=1S/C24H22IO2S/c1-15-13-17(14-16(2)22(15)27-23(26)24(3,4)25)28-20-11-7-5-9-18(20)19-10-6-8-12-21(19)28/h5-14H,1-4H3/q+1. The number of ether oxygens (including phenoxy) is 1. The van der Waals surface area contributed by atoms with Crippen molar-refractivity contribution < 1.29 is 9.53 Å². The fourth-order valence-corrected chi connectivity index (χ4v) is 6.18. The summed E-state index contributed by atoms with van der Waals surface area (Å²) in [6, 6.07) is 21.7. The fourth-order valence-electron chi connectivity index (χ4n) is 3.51. The largest absolute Gasteiger partial charge is 0.425 e.